The molecule has 3 aliphatic rings. The molecule has 5 heteroatoms. The number of carbonyl (C=O) groups excluding carboxylic acids is 1. The monoisotopic (exact) mass is 381 g/mol. The summed E-state index contributed by atoms with van der Waals surface area (Å²) in [4.78, 5) is 21.1. The molecule has 1 N–H and O–H groups in total. The second-order valence-corrected chi connectivity index (χ2v) is 9.51. The molecule has 1 aromatic heterocycles. The summed E-state index contributed by atoms with van der Waals surface area (Å²) in [7, 11) is 0. The first kappa shape index (κ1) is 17.4. The van der Waals surface area contributed by atoms with Crippen LogP contribution < -0.4 is 5.32 Å². The van der Waals surface area contributed by atoms with Crippen molar-refractivity contribution in [1.29, 1.82) is 0 Å². The van der Waals surface area contributed by atoms with Crippen molar-refractivity contribution in [2.75, 3.05) is 11.9 Å². The molecule has 142 valence electrons. The van der Waals surface area contributed by atoms with Gasteiger partial charge in [-0.3, -0.25) is 9.69 Å². The molecule has 2 fully saturated rings. The standard InChI is InChI=1S/C22H27N3OS/c26-21(12-18(16-6-7-16)17-8-9-17)24-22-23-19-10-11-25(14-20(19)27-22)13-15-4-2-1-3-5-15/h1-5,16-18H,6-14H2,(H,23,24,26). The molecule has 0 unspecified atom stereocenters. The molecule has 2 heterocycles. The minimum absolute atomic E-state index is 0.172. The van der Waals surface area contributed by atoms with E-state index in [0.29, 0.717) is 12.3 Å². The Morgan fingerprint density at radius 2 is 1.93 bits per heavy atom. The highest BCUT2D eigenvalue weighted by Crippen LogP contribution is 2.50. The summed E-state index contributed by atoms with van der Waals surface area (Å²) in [6, 6.07) is 10.6. The molecule has 1 aromatic carbocycles. The van der Waals surface area contributed by atoms with Crippen LogP contribution in [-0.2, 0) is 24.3 Å². The van der Waals surface area contributed by atoms with Crippen molar-refractivity contribution >= 4 is 22.4 Å². The minimum atomic E-state index is 0.172. The third-order valence-corrected chi connectivity index (χ3v) is 7.18. The average molecular weight is 382 g/mol. The van der Waals surface area contributed by atoms with Gasteiger partial charge in [0.15, 0.2) is 5.13 Å². The number of carbonyl (C=O) groups is 1. The van der Waals surface area contributed by atoms with Gasteiger partial charge in [-0.05, 0) is 49.0 Å². The van der Waals surface area contributed by atoms with Gasteiger partial charge in [-0.2, -0.15) is 0 Å². The number of aromatic nitrogens is 1. The maximum atomic E-state index is 12.6. The van der Waals surface area contributed by atoms with Gasteiger partial charge in [-0.1, -0.05) is 30.3 Å². The quantitative estimate of drug-likeness (QED) is 0.770. The average Bonchev–Trinajstić information content (AvgIpc) is 3.58. The van der Waals surface area contributed by atoms with Crippen molar-refractivity contribution in [2.24, 2.45) is 17.8 Å². The molecular weight excluding hydrogens is 354 g/mol. The van der Waals surface area contributed by atoms with Crippen molar-refractivity contribution in [3.63, 3.8) is 0 Å². The van der Waals surface area contributed by atoms with Crippen LogP contribution in [0.25, 0.3) is 0 Å². The number of hydrogen-bond acceptors (Lipinski definition) is 4. The lowest BCUT2D eigenvalue weighted by Crippen LogP contribution is -2.29. The second-order valence-electron chi connectivity index (χ2n) is 8.43. The zero-order valence-corrected chi connectivity index (χ0v) is 16.5. The van der Waals surface area contributed by atoms with Gasteiger partial charge in [0.05, 0.1) is 5.69 Å². The van der Waals surface area contributed by atoms with Crippen LogP contribution in [0, 0.1) is 17.8 Å². The summed E-state index contributed by atoms with van der Waals surface area (Å²) in [5, 5.41) is 3.91. The number of rotatable bonds is 7. The number of anilines is 1. The van der Waals surface area contributed by atoms with E-state index < -0.39 is 0 Å². The van der Waals surface area contributed by atoms with E-state index >= 15 is 0 Å². The molecule has 27 heavy (non-hydrogen) atoms. The van der Waals surface area contributed by atoms with Gasteiger partial charge in [0.2, 0.25) is 5.91 Å². The summed E-state index contributed by atoms with van der Waals surface area (Å²) in [5.41, 5.74) is 2.53. The first-order valence-electron chi connectivity index (χ1n) is 10.3. The van der Waals surface area contributed by atoms with Crippen molar-refractivity contribution in [1.82, 2.24) is 9.88 Å². The highest BCUT2D eigenvalue weighted by atomic mass is 32.1. The molecule has 2 aromatic rings. The molecule has 1 aliphatic heterocycles. The van der Waals surface area contributed by atoms with Crippen LogP contribution in [0.5, 0.6) is 0 Å². The lowest BCUT2D eigenvalue weighted by atomic mass is 9.94. The summed E-state index contributed by atoms with van der Waals surface area (Å²) < 4.78 is 0. The predicted molar refractivity (Wildman–Crippen MR) is 109 cm³/mol. The Morgan fingerprint density at radius 1 is 1.19 bits per heavy atom. The minimum Gasteiger partial charge on any atom is -0.302 e. The topological polar surface area (TPSA) is 45.2 Å². The smallest absolute Gasteiger partial charge is 0.226 e. The first-order chi connectivity index (χ1) is 13.2. The maximum absolute atomic E-state index is 12.6. The van der Waals surface area contributed by atoms with Gasteiger partial charge in [0, 0.05) is 37.4 Å². The van der Waals surface area contributed by atoms with E-state index in [9.17, 15) is 4.79 Å². The van der Waals surface area contributed by atoms with E-state index in [2.05, 4.69) is 40.5 Å². The Kier molecular flexibility index (Phi) is 4.74. The van der Waals surface area contributed by atoms with Gasteiger partial charge in [0.1, 0.15) is 0 Å². The normalized spacial score (nSPS) is 19.9. The number of benzene rings is 1. The number of fused-ring (bicyclic) bond motifs is 1. The number of thiazole rings is 1. The second kappa shape index (κ2) is 7.36. The van der Waals surface area contributed by atoms with Crippen molar-refractivity contribution < 1.29 is 4.79 Å². The largest absolute Gasteiger partial charge is 0.302 e. The van der Waals surface area contributed by atoms with Gasteiger partial charge in [-0.25, -0.2) is 4.98 Å². The predicted octanol–water partition coefficient (Wildman–Crippen LogP) is 4.47. The Balaban J connectivity index is 1.19. The van der Waals surface area contributed by atoms with E-state index in [0.717, 1.165) is 43.0 Å². The zero-order valence-electron chi connectivity index (χ0n) is 15.7. The molecule has 2 aliphatic carbocycles. The fraction of sp³-hybridized carbons (Fsp3) is 0.545. The van der Waals surface area contributed by atoms with Crippen LogP contribution in [-0.4, -0.2) is 22.3 Å². The summed E-state index contributed by atoms with van der Waals surface area (Å²) in [5.74, 6) is 2.44. The number of amides is 1. The fourth-order valence-electron chi connectivity index (χ4n) is 4.43. The van der Waals surface area contributed by atoms with E-state index in [-0.39, 0.29) is 5.91 Å². The molecule has 0 radical (unpaired) electrons. The fourth-order valence-corrected chi connectivity index (χ4v) is 5.50. The molecule has 0 spiro atoms. The number of nitrogens with one attached hydrogen (secondary N) is 1. The summed E-state index contributed by atoms with van der Waals surface area (Å²) >= 11 is 1.67. The van der Waals surface area contributed by atoms with Gasteiger partial charge in [-0.15, -0.1) is 11.3 Å². The van der Waals surface area contributed by atoms with Crippen molar-refractivity contribution in [3.8, 4) is 0 Å². The molecule has 0 bridgehead atoms. The number of nitrogens with zero attached hydrogens (tertiary/aromatic N) is 2. The Morgan fingerprint density at radius 3 is 2.63 bits per heavy atom. The van der Waals surface area contributed by atoms with E-state index in [1.54, 1.807) is 11.3 Å². The maximum Gasteiger partial charge on any atom is 0.226 e. The van der Waals surface area contributed by atoms with Crippen molar-refractivity contribution in [3.05, 3.63) is 46.5 Å². The molecule has 2 saturated carbocycles. The number of hydrogen-bond donors (Lipinski definition) is 1. The summed E-state index contributed by atoms with van der Waals surface area (Å²) in [6.07, 6.45) is 6.99. The molecule has 0 saturated heterocycles. The Hall–Kier alpha value is -1.72. The highest BCUT2D eigenvalue weighted by molar-refractivity contribution is 7.15. The van der Waals surface area contributed by atoms with Gasteiger partial charge < -0.3 is 5.32 Å². The van der Waals surface area contributed by atoms with Crippen LogP contribution in [0.2, 0.25) is 0 Å². The zero-order chi connectivity index (χ0) is 18.2. The molecule has 0 atom stereocenters. The van der Waals surface area contributed by atoms with Gasteiger partial charge >= 0.3 is 0 Å². The van der Waals surface area contributed by atoms with E-state index in [4.69, 9.17) is 4.98 Å². The molecule has 1 amide bonds. The van der Waals surface area contributed by atoms with Gasteiger partial charge in [0.25, 0.3) is 0 Å². The SMILES string of the molecule is O=C(CC(C1CC1)C1CC1)Nc1nc2c(s1)CN(Cc1ccccc1)CC2. The van der Waals surface area contributed by atoms with Crippen molar-refractivity contribution in [2.45, 2.75) is 51.6 Å². The van der Waals surface area contributed by atoms with E-state index in [1.807, 2.05) is 0 Å². The Labute approximate surface area is 165 Å². The highest BCUT2D eigenvalue weighted by Gasteiger charge is 2.42. The Bertz CT molecular complexity index is 798. The van der Waals surface area contributed by atoms with E-state index in [1.165, 1.54) is 41.8 Å². The van der Waals surface area contributed by atoms with Crippen LogP contribution >= 0.6 is 11.3 Å². The molecular formula is C22H27N3OS. The molecule has 4 nitrogen and oxygen atoms in total. The third-order valence-electron chi connectivity index (χ3n) is 6.18. The lowest BCUT2D eigenvalue weighted by molar-refractivity contribution is -0.117. The first-order valence-corrected chi connectivity index (χ1v) is 11.1. The third kappa shape index (κ3) is 4.25. The van der Waals surface area contributed by atoms with Crippen LogP contribution in [0.1, 0.15) is 48.2 Å². The van der Waals surface area contributed by atoms with Crippen LogP contribution in [0.3, 0.4) is 0 Å². The van der Waals surface area contributed by atoms with Crippen LogP contribution in [0.4, 0.5) is 5.13 Å². The summed E-state index contributed by atoms with van der Waals surface area (Å²) in [6.45, 7) is 2.94. The van der Waals surface area contributed by atoms with Crippen LogP contribution in [0.15, 0.2) is 30.3 Å². The molecule has 5 rings (SSSR count). The lowest BCUT2D eigenvalue weighted by Gasteiger charge is -2.25.